The van der Waals surface area contributed by atoms with Gasteiger partial charge in [-0.1, -0.05) is 24.1 Å². The first-order valence-corrected chi connectivity index (χ1v) is 27.2. The number of unbranched alkanes of at least 4 members (excludes halogenated alkanes) is 1. The maximum atomic E-state index is 12.7. The number of hydrogen-bond donors (Lipinski definition) is 0. The molecule has 0 bridgehead atoms. The summed E-state index contributed by atoms with van der Waals surface area (Å²) in [5.41, 5.74) is 3.21. The monoisotopic (exact) mass is 804 g/mol. The van der Waals surface area contributed by atoms with Crippen LogP contribution < -0.4 is 0 Å². The van der Waals surface area contributed by atoms with Gasteiger partial charge in [-0.05, 0) is 248 Å². The van der Waals surface area contributed by atoms with Crippen molar-refractivity contribution in [3.63, 3.8) is 0 Å². The Morgan fingerprint density at radius 3 is 1.90 bits per heavy atom. The Balaban J connectivity index is 0.899. The van der Waals surface area contributed by atoms with Crippen LogP contribution in [0.2, 0.25) is 0 Å². The molecule has 17 aliphatic carbocycles. The Kier molecular flexibility index (Phi) is 5.04. The van der Waals surface area contributed by atoms with Crippen LogP contribution in [-0.4, -0.2) is 13.1 Å². The van der Waals surface area contributed by atoms with Crippen LogP contribution in [0.25, 0.3) is 9.75 Å². The molecule has 19 rings (SSSR count). The van der Waals surface area contributed by atoms with E-state index in [1.165, 1.54) is 46.8 Å². The second kappa shape index (κ2) is 9.29. The van der Waals surface area contributed by atoms with Crippen LogP contribution in [0.1, 0.15) is 81.9 Å². The van der Waals surface area contributed by atoms with E-state index in [2.05, 4.69) is 52.6 Å². The first kappa shape index (κ1) is 31.4. The van der Waals surface area contributed by atoms with Gasteiger partial charge >= 0.3 is 5.97 Å². The number of allylic oxidation sites excluding steroid dienone is 2. The standard InChI is InChI=1S/C54H60O2S2/c1-56-31(55)6-2-3-9-53(30-8-7-29(58-30)28-5-4-10-57-28)52-18-26-16-24-14-22-13-23-12-20-11-21-15-25-17-27(19-52)50-48-37(25)41-33(21)32(20)39-36(23)40-34(22)35(24)42-38(26)51(54(50,52)53)49-46(42)44(40)43(39)45(41)47(48)49/h4-5,7-8,10,19-26,32-51H,2-3,6,9,11-18H2,1H3. The number of esters is 1. The molecular weight excluding hydrogens is 745 g/mol. The van der Waals surface area contributed by atoms with Crippen LogP contribution in [0.5, 0.6) is 0 Å². The summed E-state index contributed by atoms with van der Waals surface area (Å²) in [4.78, 5) is 17.5. The zero-order chi connectivity index (χ0) is 36.8. The molecule has 0 amide bonds. The van der Waals surface area contributed by atoms with Gasteiger partial charge in [0.15, 0.2) is 0 Å². The SMILES string of the molecule is COC(=O)CCCCC1(c2ccc(-c3cccs3)s2)C23C=C4CC5CC6CC7CC8CC9CC%10CC(C2)C2C%11C%10C9C9C8C8C7C6C6C5C5C7C6C8C9C%11C7C2C31C45. The Morgan fingerprint density at radius 1 is 0.638 bits per heavy atom. The van der Waals surface area contributed by atoms with E-state index >= 15 is 0 Å². The fourth-order valence-corrected chi connectivity index (χ4v) is 30.5. The van der Waals surface area contributed by atoms with Gasteiger partial charge in [-0.15, -0.1) is 22.7 Å². The van der Waals surface area contributed by atoms with Crippen LogP contribution in [-0.2, 0) is 14.9 Å². The fraction of sp³-hybridized carbons (Fsp3) is 0.796. The van der Waals surface area contributed by atoms with Crippen LogP contribution in [0, 0.1) is 171 Å². The molecule has 4 heteroatoms. The molecule has 58 heavy (non-hydrogen) atoms. The zero-order valence-corrected chi connectivity index (χ0v) is 35.8. The topological polar surface area (TPSA) is 26.3 Å². The molecular formula is C54H60O2S2. The van der Waals surface area contributed by atoms with E-state index in [1.54, 1.807) is 52.1 Å². The number of rotatable bonds is 7. The maximum Gasteiger partial charge on any atom is 0.305 e. The van der Waals surface area contributed by atoms with Gasteiger partial charge in [0.25, 0.3) is 0 Å². The molecule has 30 atom stereocenters. The molecule has 17 aliphatic rings. The minimum Gasteiger partial charge on any atom is -0.469 e. The van der Waals surface area contributed by atoms with Crippen molar-refractivity contribution in [3.8, 4) is 9.75 Å². The Labute approximate surface area is 352 Å². The molecule has 0 N–H and O–H groups in total. The average molecular weight is 805 g/mol. The van der Waals surface area contributed by atoms with Crippen molar-refractivity contribution in [2.45, 2.75) is 82.5 Å². The Bertz CT molecular complexity index is 2340. The first-order valence-electron chi connectivity index (χ1n) is 25.5. The van der Waals surface area contributed by atoms with Gasteiger partial charge in [0.2, 0.25) is 0 Å². The van der Waals surface area contributed by atoms with E-state index in [9.17, 15) is 4.79 Å². The lowest BCUT2D eigenvalue weighted by Crippen LogP contribution is -2.59. The third kappa shape index (κ3) is 2.69. The first-order chi connectivity index (χ1) is 28.6. The van der Waals surface area contributed by atoms with Crippen LogP contribution >= 0.6 is 22.7 Å². The van der Waals surface area contributed by atoms with Gasteiger partial charge in [-0.2, -0.15) is 0 Å². The van der Waals surface area contributed by atoms with Crippen molar-refractivity contribution < 1.29 is 9.53 Å². The lowest BCUT2D eigenvalue weighted by atomic mass is 9.41. The molecule has 0 aliphatic heterocycles. The predicted octanol–water partition coefficient (Wildman–Crippen LogP) is 11.3. The van der Waals surface area contributed by atoms with E-state index in [4.69, 9.17) is 4.74 Å². The molecule has 16 fully saturated rings. The van der Waals surface area contributed by atoms with E-state index in [1.807, 2.05) is 16.2 Å². The Hall–Kier alpha value is -1.39. The summed E-state index contributed by atoms with van der Waals surface area (Å²) in [6.45, 7) is 0. The second-order valence-electron chi connectivity index (χ2n) is 25.9. The van der Waals surface area contributed by atoms with Crippen molar-refractivity contribution in [2.24, 2.45) is 171 Å². The molecule has 1 spiro atoms. The highest BCUT2D eigenvalue weighted by Crippen LogP contribution is 3.03. The van der Waals surface area contributed by atoms with Crippen molar-refractivity contribution in [2.75, 3.05) is 7.11 Å². The molecule has 2 aromatic rings. The van der Waals surface area contributed by atoms with Gasteiger partial charge in [0, 0.05) is 37.3 Å². The highest BCUT2D eigenvalue weighted by molar-refractivity contribution is 7.21. The minimum atomic E-state index is 0.00787. The van der Waals surface area contributed by atoms with Crippen LogP contribution in [0.3, 0.4) is 0 Å². The van der Waals surface area contributed by atoms with Gasteiger partial charge in [0.1, 0.15) is 0 Å². The van der Waals surface area contributed by atoms with Crippen molar-refractivity contribution in [1.82, 2.24) is 0 Å². The lowest BCUT2D eigenvalue weighted by Gasteiger charge is -2.62. The minimum absolute atomic E-state index is 0.00787. The third-order valence-corrected chi connectivity index (χ3v) is 29.0. The largest absolute Gasteiger partial charge is 0.469 e. The summed E-state index contributed by atoms with van der Waals surface area (Å²) < 4.78 is 5.27. The van der Waals surface area contributed by atoms with Crippen molar-refractivity contribution in [3.05, 3.63) is 46.2 Å². The van der Waals surface area contributed by atoms with E-state index < -0.39 is 0 Å². The summed E-state index contributed by atoms with van der Waals surface area (Å²) in [6.07, 6.45) is 20.5. The summed E-state index contributed by atoms with van der Waals surface area (Å²) in [5.74, 6) is 29.7. The maximum absolute atomic E-state index is 12.7. The summed E-state index contributed by atoms with van der Waals surface area (Å²) in [5, 5.41) is 2.30. The third-order valence-electron chi connectivity index (χ3n) is 26.7. The van der Waals surface area contributed by atoms with Gasteiger partial charge in [-0.3, -0.25) is 4.79 Å². The van der Waals surface area contributed by atoms with E-state index in [-0.39, 0.29) is 11.4 Å². The zero-order valence-electron chi connectivity index (χ0n) is 34.2. The average Bonchev–Trinajstić information content (AvgIpc) is 4.05. The summed E-state index contributed by atoms with van der Waals surface area (Å²) in [7, 11) is 1.60. The van der Waals surface area contributed by atoms with E-state index in [0.29, 0.717) is 17.3 Å². The van der Waals surface area contributed by atoms with Crippen molar-refractivity contribution in [1.29, 1.82) is 0 Å². The fourth-order valence-electron chi connectivity index (χ4n) is 28.3. The number of carbonyl (C=O) groups is 1. The number of ether oxygens (including phenoxy) is 1. The van der Waals surface area contributed by atoms with Gasteiger partial charge in [-0.25, -0.2) is 0 Å². The summed E-state index contributed by atoms with van der Waals surface area (Å²) in [6, 6.07) is 10.0. The molecule has 0 saturated heterocycles. The molecule has 0 radical (unpaired) electrons. The molecule has 2 nitrogen and oxygen atoms in total. The molecule has 2 heterocycles. The van der Waals surface area contributed by atoms with Gasteiger partial charge in [0.05, 0.1) is 7.11 Å². The number of methoxy groups -OCH3 is 1. The molecule has 0 aromatic carbocycles. The molecule has 2 aromatic heterocycles. The highest BCUT2D eigenvalue weighted by atomic mass is 32.1. The molecule has 16 saturated carbocycles. The number of carbonyl (C=O) groups excluding carboxylic acids is 1. The van der Waals surface area contributed by atoms with E-state index in [0.717, 1.165) is 148 Å². The normalized spacial score (nSPS) is 67.7. The van der Waals surface area contributed by atoms with Crippen LogP contribution in [0.15, 0.2) is 41.3 Å². The Morgan fingerprint density at radius 2 is 1.22 bits per heavy atom. The lowest BCUT2D eigenvalue weighted by molar-refractivity contribution is -0.154. The highest BCUT2D eigenvalue weighted by Gasteiger charge is 3.00. The molecule has 300 valence electrons. The number of hydrogen-bond acceptors (Lipinski definition) is 4. The van der Waals surface area contributed by atoms with Crippen LogP contribution in [0.4, 0.5) is 0 Å². The van der Waals surface area contributed by atoms with Gasteiger partial charge < -0.3 is 4.74 Å². The number of thiophene rings is 2. The smallest absolute Gasteiger partial charge is 0.305 e. The summed E-state index contributed by atoms with van der Waals surface area (Å²) >= 11 is 4.22. The second-order valence-corrected chi connectivity index (χ2v) is 28.0. The predicted molar refractivity (Wildman–Crippen MR) is 224 cm³/mol. The molecule has 30 unspecified atom stereocenters. The van der Waals surface area contributed by atoms with Crippen molar-refractivity contribution >= 4 is 28.6 Å². The quantitative estimate of drug-likeness (QED) is 0.158.